The number of amides is 1. The molecule has 3 N–H and O–H groups in total. The molecule has 0 aromatic heterocycles. The molecule has 1 amide bonds. The first-order valence-corrected chi connectivity index (χ1v) is 6.74. The number of nitrogens with two attached hydrogens (primary N) is 1. The van der Waals surface area contributed by atoms with Crippen LogP contribution in [0, 0.1) is 4.91 Å². The first kappa shape index (κ1) is 16.4. The molecule has 0 bridgehead atoms. The standard InChI is InChI=1S/C11H20N2O5S/c1-10(2)17-7(8(6-14)18-10)4-11(3,19-13-16)5-9(12)15/h7-8,14H,4-6H2,1-3H3,(H2,12,15)/t7-,8-,11?/m1/s1. The second-order valence-electron chi connectivity index (χ2n) is 5.36. The molecular weight excluding hydrogens is 272 g/mol. The Balaban J connectivity index is 2.78. The molecule has 1 rings (SSSR count). The SMILES string of the molecule is CC1(C)O[C@H](CO)[C@@H](CC(C)(CC(N)=O)SN=O)O1. The van der Waals surface area contributed by atoms with E-state index in [4.69, 9.17) is 15.2 Å². The highest BCUT2D eigenvalue weighted by Crippen LogP contribution is 2.39. The Morgan fingerprint density at radius 1 is 1.47 bits per heavy atom. The Labute approximate surface area is 116 Å². The lowest BCUT2D eigenvalue weighted by Crippen LogP contribution is -2.37. The van der Waals surface area contributed by atoms with Crippen molar-refractivity contribution in [3.8, 4) is 0 Å². The first-order chi connectivity index (χ1) is 8.71. The van der Waals surface area contributed by atoms with E-state index in [1.807, 2.05) is 0 Å². The smallest absolute Gasteiger partial charge is 0.218 e. The van der Waals surface area contributed by atoms with Crippen molar-refractivity contribution < 1.29 is 19.4 Å². The van der Waals surface area contributed by atoms with Crippen LogP contribution in [0.4, 0.5) is 0 Å². The Morgan fingerprint density at radius 3 is 2.53 bits per heavy atom. The zero-order chi connectivity index (χ0) is 14.7. The zero-order valence-electron chi connectivity index (χ0n) is 11.3. The van der Waals surface area contributed by atoms with Crippen molar-refractivity contribution >= 4 is 17.9 Å². The van der Waals surface area contributed by atoms with Crippen molar-refractivity contribution in [1.29, 1.82) is 0 Å². The van der Waals surface area contributed by atoms with E-state index >= 15 is 0 Å². The number of aliphatic hydroxyl groups excluding tert-OH is 1. The summed E-state index contributed by atoms with van der Waals surface area (Å²) < 4.78 is 13.2. The number of hydrogen-bond acceptors (Lipinski definition) is 7. The van der Waals surface area contributed by atoms with Crippen molar-refractivity contribution in [3.05, 3.63) is 4.91 Å². The monoisotopic (exact) mass is 292 g/mol. The quantitative estimate of drug-likeness (QED) is 0.533. The Kier molecular flexibility index (Phi) is 5.31. The van der Waals surface area contributed by atoms with Gasteiger partial charge in [-0.2, -0.15) is 0 Å². The van der Waals surface area contributed by atoms with E-state index in [1.165, 1.54) is 0 Å². The van der Waals surface area contributed by atoms with Crippen LogP contribution in [0.3, 0.4) is 0 Å². The van der Waals surface area contributed by atoms with Gasteiger partial charge in [-0.25, -0.2) is 0 Å². The maximum absolute atomic E-state index is 11.1. The summed E-state index contributed by atoms with van der Waals surface area (Å²) in [6, 6.07) is 0. The van der Waals surface area contributed by atoms with Crippen molar-refractivity contribution in [3.63, 3.8) is 0 Å². The van der Waals surface area contributed by atoms with Crippen molar-refractivity contribution in [2.24, 2.45) is 10.3 Å². The summed E-state index contributed by atoms with van der Waals surface area (Å²) in [5.41, 5.74) is 5.19. The molecule has 3 atom stereocenters. The second-order valence-corrected chi connectivity index (χ2v) is 6.68. The van der Waals surface area contributed by atoms with Gasteiger partial charge in [0.15, 0.2) is 5.79 Å². The molecule has 7 nitrogen and oxygen atoms in total. The van der Waals surface area contributed by atoms with Gasteiger partial charge in [-0.15, -0.1) is 4.91 Å². The fraction of sp³-hybridized carbons (Fsp3) is 0.909. The van der Waals surface area contributed by atoms with Crippen LogP contribution in [0.1, 0.15) is 33.6 Å². The molecule has 1 unspecified atom stereocenters. The number of nitrogens with zero attached hydrogens (tertiary/aromatic N) is 1. The number of nitroso groups, excluding NO2 is 1. The topological polar surface area (TPSA) is 111 Å². The van der Waals surface area contributed by atoms with Gasteiger partial charge in [0.2, 0.25) is 5.91 Å². The van der Waals surface area contributed by atoms with Crippen LogP contribution in [0.2, 0.25) is 0 Å². The van der Waals surface area contributed by atoms with E-state index in [0.717, 1.165) is 11.9 Å². The van der Waals surface area contributed by atoms with Crippen LogP contribution in [0.15, 0.2) is 4.58 Å². The van der Waals surface area contributed by atoms with Gasteiger partial charge in [0.1, 0.15) is 6.10 Å². The third kappa shape index (κ3) is 4.72. The Morgan fingerprint density at radius 2 is 2.05 bits per heavy atom. The van der Waals surface area contributed by atoms with Gasteiger partial charge < -0.3 is 20.3 Å². The number of primary amides is 1. The highest BCUT2D eigenvalue weighted by Gasteiger charge is 2.45. The van der Waals surface area contributed by atoms with Crippen molar-refractivity contribution in [1.82, 2.24) is 0 Å². The predicted octanol–water partition coefficient (Wildman–Crippen LogP) is 0.938. The van der Waals surface area contributed by atoms with Crippen molar-refractivity contribution in [2.45, 2.75) is 56.4 Å². The molecule has 110 valence electrons. The summed E-state index contributed by atoms with van der Waals surface area (Å²) in [4.78, 5) is 21.6. The van der Waals surface area contributed by atoms with Gasteiger partial charge in [0.05, 0.1) is 12.7 Å². The van der Waals surface area contributed by atoms with E-state index in [-0.39, 0.29) is 13.0 Å². The number of carbonyl (C=O) groups excluding carboxylic acids is 1. The fourth-order valence-corrected chi connectivity index (χ4v) is 2.89. The minimum absolute atomic E-state index is 0.00183. The maximum atomic E-state index is 11.1. The van der Waals surface area contributed by atoms with Crippen LogP contribution in [0.25, 0.3) is 0 Å². The largest absolute Gasteiger partial charge is 0.394 e. The molecule has 1 fully saturated rings. The highest BCUT2D eigenvalue weighted by molar-refractivity contribution is 7.99. The average Bonchev–Trinajstić information content (AvgIpc) is 2.51. The number of hydrogen-bond donors (Lipinski definition) is 2. The molecule has 0 radical (unpaired) electrons. The van der Waals surface area contributed by atoms with E-state index in [0.29, 0.717) is 6.42 Å². The lowest BCUT2D eigenvalue weighted by molar-refractivity contribution is -0.149. The molecule has 0 saturated carbocycles. The molecule has 0 aromatic carbocycles. The molecule has 8 heteroatoms. The van der Waals surface area contributed by atoms with Gasteiger partial charge in [-0.3, -0.25) is 4.79 Å². The van der Waals surface area contributed by atoms with Crippen LogP contribution in [-0.2, 0) is 14.3 Å². The first-order valence-electron chi connectivity index (χ1n) is 5.97. The lowest BCUT2D eigenvalue weighted by Gasteiger charge is -2.28. The molecule has 0 aromatic rings. The number of aliphatic hydroxyl groups is 1. The normalized spacial score (nSPS) is 28.8. The van der Waals surface area contributed by atoms with Gasteiger partial charge in [0, 0.05) is 27.7 Å². The minimum Gasteiger partial charge on any atom is -0.394 e. The van der Waals surface area contributed by atoms with Crippen molar-refractivity contribution in [2.75, 3.05) is 6.61 Å². The van der Waals surface area contributed by atoms with E-state index in [2.05, 4.69) is 4.58 Å². The molecular formula is C11H20N2O5S. The molecule has 1 saturated heterocycles. The Hall–Kier alpha value is -0.700. The third-order valence-corrected chi connectivity index (χ3v) is 3.73. The van der Waals surface area contributed by atoms with Crippen LogP contribution in [-0.4, -0.2) is 40.4 Å². The average molecular weight is 292 g/mol. The second kappa shape index (κ2) is 6.17. The summed E-state index contributed by atoms with van der Waals surface area (Å²) in [7, 11) is 0. The van der Waals surface area contributed by atoms with E-state index in [9.17, 15) is 14.8 Å². The van der Waals surface area contributed by atoms with Gasteiger partial charge in [-0.05, 0) is 27.2 Å². The highest BCUT2D eigenvalue weighted by atomic mass is 32.2. The number of ether oxygens (including phenoxy) is 2. The third-order valence-electron chi connectivity index (χ3n) is 2.90. The molecule has 1 aliphatic heterocycles. The zero-order valence-corrected chi connectivity index (χ0v) is 12.1. The summed E-state index contributed by atoms with van der Waals surface area (Å²) in [5, 5.41) is 9.29. The molecule has 1 aliphatic rings. The van der Waals surface area contributed by atoms with Crippen LogP contribution in [0.5, 0.6) is 0 Å². The van der Waals surface area contributed by atoms with Crippen LogP contribution < -0.4 is 5.73 Å². The van der Waals surface area contributed by atoms with E-state index < -0.39 is 28.6 Å². The van der Waals surface area contributed by atoms with Gasteiger partial charge in [-0.1, -0.05) is 0 Å². The molecule has 0 aliphatic carbocycles. The predicted molar refractivity (Wildman–Crippen MR) is 71.1 cm³/mol. The lowest BCUT2D eigenvalue weighted by atomic mass is 9.96. The fourth-order valence-electron chi connectivity index (χ4n) is 2.26. The van der Waals surface area contributed by atoms with Gasteiger partial charge in [0.25, 0.3) is 0 Å². The summed E-state index contributed by atoms with van der Waals surface area (Å²) in [6.07, 6.45) is -0.573. The number of rotatable bonds is 7. The molecule has 1 heterocycles. The Bertz CT molecular complexity index is 352. The van der Waals surface area contributed by atoms with E-state index in [1.54, 1.807) is 20.8 Å². The molecule has 19 heavy (non-hydrogen) atoms. The minimum atomic E-state index is -0.801. The summed E-state index contributed by atoms with van der Waals surface area (Å²) in [6.45, 7) is 5.01. The summed E-state index contributed by atoms with van der Waals surface area (Å²) >= 11 is 0.758. The van der Waals surface area contributed by atoms with Gasteiger partial charge >= 0.3 is 0 Å². The maximum Gasteiger partial charge on any atom is 0.218 e. The number of carbonyl (C=O) groups is 1. The summed E-state index contributed by atoms with van der Waals surface area (Å²) in [5.74, 6) is -1.32. The van der Waals surface area contributed by atoms with Crippen LogP contribution >= 0.6 is 11.9 Å². The molecule has 0 spiro atoms.